The van der Waals surface area contributed by atoms with Gasteiger partial charge in [-0.2, -0.15) is 0 Å². The zero-order valence-corrected chi connectivity index (χ0v) is 20.0. The van der Waals surface area contributed by atoms with Crippen molar-refractivity contribution in [2.24, 2.45) is 0 Å². The largest absolute Gasteiger partial charge is 0.508 e. The highest BCUT2D eigenvalue weighted by atomic mass is 127. The number of rotatable bonds is 4. The third-order valence-corrected chi connectivity index (χ3v) is 6.28. The third kappa shape index (κ3) is 4.19. The molecule has 4 rings (SSSR count). The minimum Gasteiger partial charge on any atom is -0.508 e. The van der Waals surface area contributed by atoms with Crippen LogP contribution in [0.4, 0.5) is 5.69 Å². The molecule has 0 saturated heterocycles. The highest BCUT2D eigenvalue weighted by Crippen LogP contribution is 2.38. The van der Waals surface area contributed by atoms with Crippen molar-refractivity contribution in [1.82, 2.24) is 10.4 Å². The van der Waals surface area contributed by atoms with E-state index in [4.69, 9.17) is 4.74 Å². The van der Waals surface area contributed by atoms with Gasteiger partial charge in [0.05, 0.1) is 18.2 Å². The number of hydrazine groups is 1. The number of ether oxygens (including phenoxy) is 1. The number of halogens is 2. The van der Waals surface area contributed by atoms with Crippen molar-refractivity contribution in [3.8, 4) is 11.5 Å². The molecule has 158 valence electrons. The van der Waals surface area contributed by atoms with Gasteiger partial charge in [-0.15, -0.1) is 0 Å². The second kappa shape index (κ2) is 8.75. The summed E-state index contributed by atoms with van der Waals surface area (Å²) < 4.78 is 6.76. The number of amides is 2. The summed E-state index contributed by atoms with van der Waals surface area (Å²) in [5, 5.41) is 14.9. The maximum atomic E-state index is 13.4. The van der Waals surface area contributed by atoms with Crippen LogP contribution in [0.15, 0.2) is 65.1 Å². The lowest BCUT2D eigenvalue weighted by Crippen LogP contribution is -2.53. The summed E-state index contributed by atoms with van der Waals surface area (Å²) in [4.78, 5) is 26.4. The fourth-order valence-electron chi connectivity index (χ4n) is 3.30. The average molecular weight is 594 g/mol. The Morgan fingerprint density at radius 3 is 2.71 bits per heavy atom. The topological polar surface area (TPSA) is 90.9 Å². The summed E-state index contributed by atoms with van der Waals surface area (Å²) in [6.45, 7) is 0. The van der Waals surface area contributed by atoms with E-state index >= 15 is 0 Å². The van der Waals surface area contributed by atoms with Gasteiger partial charge in [-0.1, -0.05) is 28.1 Å². The van der Waals surface area contributed by atoms with E-state index in [-0.39, 0.29) is 5.75 Å². The van der Waals surface area contributed by atoms with Gasteiger partial charge < -0.3 is 15.2 Å². The number of carbonyl (C=O) groups is 2. The molecule has 3 aromatic rings. The first-order valence-corrected chi connectivity index (χ1v) is 11.1. The summed E-state index contributed by atoms with van der Waals surface area (Å²) >= 11 is 5.45. The molecule has 0 saturated carbocycles. The van der Waals surface area contributed by atoms with Gasteiger partial charge in [0.25, 0.3) is 11.8 Å². The number of aromatic hydroxyl groups is 1. The molecule has 0 spiro atoms. The number of hydrogen-bond donors (Lipinski definition) is 3. The summed E-state index contributed by atoms with van der Waals surface area (Å²) in [5.74, 6) is -0.389. The van der Waals surface area contributed by atoms with Crippen molar-refractivity contribution < 1.29 is 19.4 Å². The molecule has 0 fully saturated rings. The van der Waals surface area contributed by atoms with E-state index in [1.165, 1.54) is 18.2 Å². The maximum Gasteiger partial charge on any atom is 0.276 e. The van der Waals surface area contributed by atoms with Gasteiger partial charge >= 0.3 is 0 Å². The summed E-state index contributed by atoms with van der Waals surface area (Å²) in [6.07, 6.45) is -0.860. The lowest BCUT2D eigenvalue weighted by atomic mass is 10.0. The van der Waals surface area contributed by atoms with E-state index < -0.39 is 18.0 Å². The smallest absolute Gasteiger partial charge is 0.276 e. The molecule has 0 aliphatic carbocycles. The predicted molar refractivity (Wildman–Crippen MR) is 128 cm³/mol. The maximum absolute atomic E-state index is 13.4. The monoisotopic (exact) mass is 593 g/mol. The number of phenolic OH excluding ortho intramolecular Hbond substituents is 1. The molecular formula is C22H17BrIN3O4. The van der Waals surface area contributed by atoms with Crippen LogP contribution in [0.2, 0.25) is 0 Å². The van der Waals surface area contributed by atoms with Gasteiger partial charge in [-0.05, 0) is 71.1 Å². The molecule has 0 radical (unpaired) electrons. The number of phenols is 1. The highest BCUT2D eigenvalue weighted by Gasteiger charge is 2.36. The Balaban J connectivity index is 1.79. The molecule has 1 heterocycles. The van der Waals surface area contributed by atoms with Crippen molar-refractivity contribution in [2.45, 2.75) is 6.17 Å². The van der Waals surface area contributed by atoms with Crippen LogP contribution < -0.4 is 15.5 Å². The Bertz CT molecular complexity index is 1190. The number of carbonyl (C=O) groups excluding carboxylic acids is 2. The fourth-order valence-corrected chi connectivity index (χ4v) is 4.30. The number of nitrogens with one attached hydrogen (secondary N) is 2. The van der Waals surface area contributed by atoms with Crippen molar-refractivity contribution in [3.05, 3.63) is 85.4 Å². The first-order chi connectivity index (χ1) is 14.9. The summed E-state index contributed by atoms with van der Waals surface area (Å²) in [5.41, 5.74) is 4.49. The normalized spacial score (nSPS) is 15.1. The Hall–Kier alpha value is -2.79. The number of anilines is 1. The second-order valence-electron chi connectivity index (χ2n) is 6.76. The number of fused-ring (bicyclic) bond motifs is 1. The van der Waals surface area contributed by atoms with E-state index in [0.29, 0.717) is 28.1 Å². The Morgan fingerprint density at radius 2 is 1.97 bits per heavy atom. The molecule has 0 unspecified atom stereocenters. The number of nitrogens with zero attached hydrogens (tertiary/aromatic N) is 1. The van der Waals surface area contributed by atoms with Crippen LogP contribution in [-0.4, -0.2) is 29.0 Å². The zero-order valence-electron chi connectivity index (χ0n) is 16.2. The molecule has 31 heavy (non-hydrogen) atoms. The number of benzene rings is 3. The number of methoxy groups -OCH3 is 1. The quantitative estimate of drug-likeness (QED) is 0.382. The van der Waals surface area contributed by atoms with Crippen LogP contribution in [0.1, 0.15) is 32.4 Å². The van der Waals surface area contributed by atoms with Gasteiger partial charge in [-0.3, -0.25) is 15.0 Å². The molecule has 1 atom stereocenters. The SMILES string of the molecule is COc1ccc(O)c([C@@H]2Nc3ccc(Br)cc3C(=O)N2NC(=O)c2ccccc2I)c1. The Labute approximate surface area is 200 Å². The minimum atomic E-state index is -0.860. The molecule has 1 aliphatic heterocycles. The molecule has 2 amide bonds. The van der Waals surface area contributed by atoms with Crippen LogP contribution >= 0.6 is 38.5 Å². The van der Waals surface area contributed by atoms with E-state index in [1.807, 2.05) is 18.2 Å². The van der Waals surface area contributed by atoms with Gasteiger partial charge in [0.2, 0.25) is 0 Å². The minimum absolute atomic E-state index is 0.0415. The molecule has 0 bridgehead atoms. The van der Waals surface area contributed by atoms with Crippen molar-refractivity contribution in [3.63, 3.8) is 0 Å². The van der Waals surface area contributed by atoms with Crippen LogP contribution in [0.25, 0.3) is 0 Å². The van der Waals surface area contributed by atoms with Crippen LogP contribution in [-0.2, 0) is 0 Å². The van der Waals surface area contributed by atoms with Crippen molar-refractivity contribution in [2.75, 3.05) is 12.4 Å². The zero-order chi connectivity index (χ0) is 22.1. The Morgan fingerprint density at radius 1 is 1.19 bits per heavy atom. The van der Waals surface area contributed by atoms with Crippen molar-refractivity contribution >= 4 is 56.0 Å². The predicted octanol–water partition coefficient (Wildman–Crippen LogP) is 4.68. The van der Waals surface area contributed by atoms with E-state index in [9.17, 15) is 14.7 Å². The van der Waals surface area contributed by atoms with Gasteiger partial charge in [-0.25, -0.2) is 5.01 Å². The van der Waals surface area contributed by atoms with Gasteiger partial charge in [0.15, 0.2) is 6.17 Å². The molecule has 9 heteroatoms. The molecule has 3 N–H and O–H groups in total. The molecule has 1 aliphatic rings. The molecule has 3 aromatic carbocycles. The second-order valence-corrected chi connectivity index (χ2v) is 8.84. The average Bonchev–Trinajstić information content (AvgIpc) is 2.76. The lowest BCUT2D eigenvalue weighted by Gasteiger charge is -2.38. The summed E-state index contributed by atoms with van der Waals surface area (Å²) in [6, 6.07) is 17.0. The van der Waals surface area contributed by atoms with Crippen LogP contribution in [0, 0.1) is 3.57 Å². The fraction of sp³-hybridized carbons (Fsp3) is 0.0909. The van der Waals surface area contributed by atoms with E-state index in [2.05, 4.69) is 49.3 Å². The Kier molecular flexibility index (Phi) is 6.05. The highest BCUT2D eigenvalue weighted by molar-refractivity contribution is 14.1. The van der Waals surface area contributed by atoms with E-state index in [0.717, 1.165) is 8.04 Å². The van der Waals surface area contributed by atoms with E-state index in [1.54, 1.807) is 36.4 Å². The standard InChI is InChI=1S/C22H17BrIN3O4/c1-31-13-7-9-19(28)16(11-13)20-25-18-8-6-12(23)10-15(18)22(30)27(20)26-21(29)14-4-2-3-5-17(14)24/h2-11,20,25,28H,1H3,(H,26,29)/t20-/m1/s1. The first-order valence-electron chi connectivity index (χ1n) is 9.21. The lowest BCUT2D eigenvalue weighted by molar-refractivity contribution is 0.0488. The van der Waals surface area contributed by atoms with Crippen LogP contribution in [0.5, 0.6) is 11.5 Å². The van der Waals surface area contributed by atoms with Gasteiger partial charge in [0, 0.05) is 19.3 Å². The molecule has 7 nitrogen and oxygen atoms in total. The first kappa shape index (κ1) is 21.4. The third-order valence-electron chi connectivity index (χ3n) is 4.85. The molecular weight excluding hydrogens is 577 g/mol. The van der Waals surface area contributed by atoms with Crippen molar-refractivity contribution in [1.29, 1.82) is 0 Å². The molecule has 0 aromatic heterocycles. The van der Waals surface area contributed by atoms with Gasteiger partial charge in [0.1, 0.15) is 11.5 Å². The summed E-state index contributed by atoms with van der Waals surface area (Å²) in [7, 11) is 1.51. The van der Waals surface area contributed by atoms with Crippen LogP contribution in [0.3, 0.4) is 0 Å². The number of hydrogen-bond acceptors (Lipinski definition) is 5.